The first-order chi connectivity index (χ1) is 17.7. The summed E-state index contributed by atoms with van der Waals surface area (Å²) in [4.78, 5) is 28.5. The Hall–Kier alpha value is -3.11. The Morgan fingerprint density at radius 3 is 1.89 bits per heavy atom. The molecule has 2 fully saturated rings. The molecule has 2 amide bonds. The van der Waals surface area contributed by atoms with Crippen LogP contribution in [0.1, 0.15) is 12.8 Å². The molecule has 1 N–H and O–H groups in total. The van der Waals surface area contributed by atoms with Crippen molar-refractivity contribution >= 4 is 35.2 Å². The molecule has 0 radical (unpaired) electrons. The van der Waals surface area contributed by atoms with E-state index in [1.54, 1.807) is 6.08 Å². The van der Waals surface area contributed by atoms with Crippen molar-refractivity contribution in [1.82, 2.24) is 5.32 Å². The summed E-state index contributed by atoms with van der Waals surface area (Å²) in [5.41, 5.74) is -0.304. The summed E-state index contributed by atoms with van der Waals surface area (Å²) >= 11 is 0. The van der Waals surface area contributed by atoms with Crippen LogP contribution in [0.5, 0.6) is 0 Å². The van der Waals surface area contributed by atoms with E-state index in [9.17, 15) is 9.59 Å². The molecule has 6 heteroatoms. The second kappa shape index (κ2) is 10.5. The number of nitrogens with one attached hydrogen (secondary N) is 1. The van der Waals surface area contributed by atoms with Gasteiger partial charge in [-0.05, 0) is 0 Å². The number of nitrogens with zero attached hydrogens (tertiary/aromatic N) is 1. The van der Waals surface area contributed by atoms with Crippen LogP contribution in [0.3, 0.4) is 0 Å². The first-order valence-corrected chi connectivity index (χ1v) is 14.8. The SMILES string of the molecule is C=CCOC(=O)[N+]1(C2CCNC2)CCC([PH](c2ccccc2)(c2ccccc2)c2ccccc2)C1=O. The van der Waals surface area contributed by atoms with Crippen molar-refractivity contribution < 1.29 is 18.8 Å². The summed E-state index contributed by atoms with van der Waals surface area (Å²) in [7, 11) is -2.88. The van der Waals surface area contributed by atoms with Crippen molar-refractivity contribution in [1.29, 1.82) is 0 Å². The third-order valence-corrected chi connectivity index (χ3v) is 13.3. The monoisotopic (exact) mass is 501 g/mol. The number of quaternary nitrogens is 1. The Morgan fingerprint density at radius 2 is 1.44 bits per heavy atom. The number of carbonyl (C=O) groups is 2. The summed E-state index contributed by atoms with van der Waals surface area (Å²) in [6.07, 6.45) is 2.55. The number of likely N-dealkylation sites (tertiary alicyclic amines) is 1. The number of imide groups is 1. The Morgan fingerprint density at radius 1 is 0.917 bits per heavy atom. The van der Waals surface area contributed by atoms with Crippen LogP contribution in [0.15, 0.2) is 104 Å². The summed E-state index contributed by atoms with van der Waals surface area (Å²) in [5, 5.41) is 6.92. The third-order valence-electron chi connectivity index (χ3n) is 7.98. The molecule has 36 heavy (non-hydrogen) atoms. The minimum absolute atomic E-state index is 0.000915. The minimum atomic E-state index is -2.88. The molecule has 5 rings (SSSR count). The molecule has 3 aromatic carbocycles. The third kappa shape index (κ3) is 3.92. The van der Waals surface area contributed by atoms with Crippen molar-refractivity contribution in [2.24, 2.45) is 0 Å². The van der Waals surface area contributed by atoms with Gasteiger partial charge in [-0.15, -0.1) is 0 Å². The molecular weight excluding hydrogens is 467 g/mol. The number of hydrogen-bond acceptors (Lipinski definition) is 4. The Bertz CT molecular complexity index is 1120. The number of ether oxygens (including phenoxy) is 1. The average molecular weight is 502 g/mol. The fourth-order valence-electron chi connectivity index (χ4n) is 6.41. The predicted molar refractivity (Wildman–Crippen MR) is 148 cm³/mol. The van der Waals surface area contributed by atoms with Crippen molar-refractivity contribution in [2.75, 3.05) is 26.2 Å². The molecule has 5 nitrogen and oxygen atoms in total. The molecule has 0 aliphatic carbocycles. The van der Waals surface area contributed by atoms with E-state index in [1.807, 2.05) is 18.2 Å². The van der Waals surface area contributed by atoms with Gasteiger partial charge in [-0.2, -0.15) is 0 Å². The van der Waals surface area contributed by atoms with E-state index in [1.165, 1.54) is 15.9 Å². The average Bonchev–Trinajstić information content (AvgIpc) is 3.59. The molecule has 0 bridgehead atoms. The van der Waals surface area contributed by atoms with Gasteiger partial charge in [-0.1, -0.05) is 0 Å². The molecule has 2 aliphatic rings. The first kappa shape index (κ1) is 24.6. The molecule has 0 saturated carbocycles. The molecule has 0 spiro atoms. The molecule has 2 aliphatic heterocycles. The molecule has 2 saturated heterocycles. The fraction of sp³-hybridized carbons (Fsp3) is 0.267. The van der Waals surface area contributed by atoms with Gasteiger partial charge in [0.1, 0.15) is 0 Å². The van der Waals surface area contributed by atoms with Crippen LogP contribution in [0.2, 0.25) is 0 Å². The molecular formula is C30H34N2O3P+. The standard InChI is InChI=1S/C30H34N2O3P/c1-2-22-35-30(34)32(24-18-20-31-23-24)21-19-28(29(32)33)36(25-12-6-3-7-13-25,26-14-8-4-9-15-26)27-16-10-5-11-17-27/h2-17,24,28,31,36H,1,18-23H2/q+1. The van der Waals surface area contributed by atoms with Gasteiger partial charge in [0, 0.05) is 0 Å². The number of amides is 2. The van der Waals surface area contributed by atoms with E-state index in [2.05, 4.69) is 84.7 Å². The summed E-state index contributed by atoms with van der Waals surface area (Å²) in [6, 6.07) is 31.3. The van der Waals surface area contributed by atoms with Gasteiger partial charge in [0.2, 0.25) is 0 Å². The second-order valence-electron chi connectivity index (χ2n) is 9.69. The van der Waals surface area contributed by atoms with Gasteiger partial charge in [0.15, 0.2) is 0 Å². The van der Waals surface area contributed by atoms with Crippen molar-refractivity contribution in [2.45, 2.75) is 24.5 Å². The van der Waals surface area contributed by atoms with Crippen LogP contribution < -0.4 is 21.2 Å². The number of carbonyl (C=O) groups excluding carboxylic acids is 2. The van der Waals surface area contributed by atoms with E-state index in [0.29, 0.717) is 19.5 Å². The molecule has 3 aromatic rings. The normalized spacial score (nSPS) is 24.4. The van der Waals surface area contributed by atoms with Gasteiger partial charge >= 0.3 is 214 Å². The van der Waals surface area contributed by atoms with E-state index < -0.39 is 13.4 Å². The zero-order chi connectivity index (χ0) is 25.0. The van der Waals surface area contributed by atoms with Gasteiger partial charge < -0.3 is 0 Å². The van der Waals surface area contributed by atoms with Crippen molar-refractivity contribution in [3.05, 3.63) is 104 Å². The van der Waals surface area contributed by atoms with E-state index in [4.69, 9.17) is 4.74 Å². The van der Waals surface area contributed by atoms with Crippen LogP contribution in [0.25, 0.3) is 0 Å². The molecule has 0 aromatic heterocycles. The summed E-state index contributed by atoms with van der Waals surface area (Å²) in [6.45, 7) is 5.71. The molecule has 3 unspecified atom stereocenters. The maximum absolute atomic E-state index is 14.8. The summed E-state index contributed by atoms with van der Waals surface area (Å²) < 4.78 is 5.39. The second-order valence-corrected chi connectivity index (χ2v) is 13.7. The van der Waals surface area contributed by atoms with E-state index in [0.717, 1.165) is 13.0 Å². The number of hydrogen-bond donors (Lipinski definition) is 1. The molecule has 3 atom stereocenters. The van der Waals surface area contributed by atoms with E-state index in [-0.39, 0.29) is 28.7 Å². The molecule has 186 valence electrons. The Balaban J connectivity index is 1.73. The van der Waals surface area contributed by atoms with Crippen LogP contribution in [-0.4, -0.2) is 54.4 Å². The van der Waals surface area contributed by atoms with Gasteiger partial charge in [-0.25, -0.2) is 0 Å². The van der Waals surface area contributed by atoms with Gasteiger partial charge in [0.25, 0.3) is 0 Å². The number of benzene rings is 3. The van der Waals surface area contributed by atoms with Gasteiger partial charge in [-0.3, -0.25) is 0 Å². The van der Waals surface area contributed by atoms with Crippen molar-refractivity contribution in [3.8, 4) is 0 Å². The van der Waals surface area contributed by atoms with Crippen molar-refractivity contribution in [3.63, 3.8) is 0 Å². The first-order valence-electron chi connectivity index (χ1n) is 12.7. The topological polar surface area (TPSA) is 55.4 Å². The van der Waals surface area contributed by atoms with Crippen LogP contribution >= 0.6 is 7.26 Å². The zero-order valence-electron chi connectivity index (χ0n) is 20.5. The quantitative estimate of drug-likeness (QED) is 0.306. The fourth-order valence-corrected chi connectivity index (χ4v) is 11.9. The molecule has 2 heterocycles. The Labute approximate surface area is 213 Å². The van der Waals surface area contributed by atoms with Gasteiger partial charge in [0.05, 0.1) is 0 Å². The van der Waals surface area contributed by atoms with Crippen LogP contribution in [0, 0.1) is 0 Å². The zero-order valence-corrected chi connectivity index (χ0v) is 21.5. The van der Waals surface area contributed by atoms with Crippen LogP contribution in [0.4, 0.5) is 4.79 Å². The summed E-state index contributed by atoms with van der Waals surface area (Å²) in [5.74, 6) is 0.000915. The predicted octanol–water partition coefficient (Wildman–Crippen LogP) is 3.51. The number of rotatable bonds is 7. The van der Waals surface area contributed by atoms with E-state index >= 15 is 0 Å². The van der Waals surface area contributed by atoms with Crippen LogP contribution in [-0.2, 0) is 9.53 Å². The maximum atomic E-state index is 14.8. The Kier molecular flexibility index (Phi) is 7.15.